The van der Waals surface area contributed by atoms with Crippen molar-refractivity contribution in [2.24, 2.45) is 5.92 Å². The van der Waals surface area contributed by atoms with E-state index in [1.807, 2.05) is 0 Å². The molecule has 0 radical (unpaired) electrons. The van der Waals surface area contributed by atoms with Crippen molar-refractivity contribution in [2.45, 2.75) is 64.8 Å². The number of cyclic esters (lactones) is 2. The highest BCUT2D eigenvalue weighted by atomic mass is 16.6. The van der Waals surface area contributed by atoms with E-state index >= 15 is 0 Å². The van der Waals surface area contributed by atoms with Gasteiger partial charge in [-0.3, -0.25) is 19.4 Å². The van der Waals surface area contributed by atoms with Gasteiger partial charge in [0.2, 0.25) is 11.7 Å². The fraction of sp³-hybridized carbons (Fsp3) is 0.407. The fourth-order valence-electron chi connectivity index (χ4n) is 3.92. The number of hydrogen-bond donors (Lipinski definition) is 4. The summed E-state index contributed by atoms with van der Waals surface area (Å²) in [5, 5.41) is 26.3. The summed E-state index contributed by atoms with van der Waals surface area (Å²) < 4.78 is 10.9. The third-order valence-electron chi connectivity index (χ3n) is 6.44. The van der Waals surface area contributed by atoms with Crippen LogP contribution >= 0.6 is 0 Å². The summed E-state index contributed by atoms with van der Waals surface area (Å²) in [5.41, 5.74) is 0.733. The Morgan fingerprint density at radius 1 is 1.15 bits per heavy atom. The van der Waals surface area contributed by atoms with E-state index in [1.165, 1.54) is 32.2 Å². The molecule has 0 aromatic carbocycles. The number of carbonyl (C=O) groups is 4. The lowest BCUT2D eigenvalue weighted by atomic mass is 9.92. The lowest BCUT2D eigenvalue weighted by Crippen LogP contribution is -2.59. The van der Waals surface area contributed by atoms with Crippen molar-refractivity contribution in [2.75, 3.05) is 0 Å². The highest BCUT2D eigenvalue weighted by molar-refractivity contribution is 5.98. The first-order chi connectivity index (χ1) is 18.5. The number of aromatic nitrogens is 2. The summed E-state index contributed by atoms with van der Waals surface area (Å²) in [7, 11) is 0. The molecule has 1 aliphatic rings. The van der Waals surface area contributed by atoms with E-state index in [0.717, 1.165) is 0 Å². The van der Waals surface area contributed by atoms with Gasteiger partial charge in [-0.1, -0.05) is 13.0 Å². The van der Waals surface area contributed by atoms with Crippen molar-refractivity contribution in [3.8, 4) is 5.75 Å². The molecule has 1 saturated heterocycles. The Kier molecular flexibility index (Phi) is 9.72. The number of aromatic hydroxyl groups is 1. The van der Waals surface area contributed by atoms with E-state index < -0.39 is 59.7 Å². The normalized spacial score (nSPS) is 25.8. The molecule has 5 atom stereocenters. The van der Waals surface area contributed by atoms with Crippen LogP contribution in [0, 0.1) is 5.92 Å². The predicted octanol–water partition coefficient (Wildman–Crippen LogP) is 1.18. The Morgan fingerprint density at radius 3 is 2.51 bits per heavy atom. The maximum absolute atomic E-state index is 13.6. The highest BCUT2D eigenvalue weighted by Crippen LogP contribution is 2.21. The molecule has 0 bridgehead atoms. The number of esters is 2. The minimum absolute atomic E-state index is 0.0882. The molecule has 12 nitrogen and oxygen atoms in total. The van der Waals surface area contributed by atoms with Gasteiger partial charge in [-0.15, -0.1) is 0 Å². The molecule has 4 N–H and O–H groups in total. The zero-order chi connectivity index (χ0) is 28.7. The molecule has 12 heteroatoms. The molecular formula is C27H32N4O8. The number of aliphatic hydroxyl groups is 1. The maximum atomic E-state index is 13.6. The summed E-state index contributed by atoms with van der Waals surface area (Å²) in [6.07, 6.45) is 2.15. The molecule has 208 valence electrons. The molecule has 39 heavy (non-hydrogen) atoms. The molecular weight excluding hydrogens is 508 g/mol. The summed E-state index contributed by atoms with van der Waals surface area (Å²) >= 11 is 0. The van der Waals surface area contributed by atoms with Gasteiger partial charge in [-0.25, -0.2) is 9.78 Å². The van der Waals surface area contributed by atoms with Crippen LogP contribution in [0.25, 0.3) is 0 Å². The maximum Gasteiger partial charge on any atom is 0.374 e. The van der Waals surface area contributed by atoms with Crippen molar-refractivity contribution in [3.05, 3.63) is 65.4 Å². The SMILES string of the molecule is CC/C(C)=C1\OC(=O)[C@@H](C)[C@@H](O)[C@@H](Cc2cccnc2)NC(=O)[C@@H](NC(=O)c2ncccc2O)[C@H](C)OC1=O. The lowest BCUT2D eigenvalue weighted by molar-refractivity contribution is -0.161. The molecule has 0 unspecified atom stereocenters. The number of aliphatic hydroxyl groups excluding tert-OH is 1. The van der Waals surface area contributed by atoms with Crippen LogP contribution in [0.1, 0.15) is 50.2 Å². The van der Waals surface area contributed by atoms with E-state index in [4.69, 9.17) is 9.47 Å². The number of hydrogen-bond acceptors (Lipinski definition) is 10. The summed E-state index contributed by atoms with van der Waals surface area (Å²) in [6, 6.07) is 3.62. The second-order valence-electron chi connectivity index (χ2n) is 9.28. The quantitative estimate of drug-likeness (QED) is 0.318. The van der Waals surface area contributed by atoms with Crippen LogP contribution in [0.15, 0.2) is 54.2 Å². The van der Waals surface area contributed by atoms with Crippen molar-refractivity contribution in [1.29, 1.82) is 0 Å². The third-order valence-corrected chi connectivity index (χ3v) is 6.44. The molecule has 0 saturated carbocycles. The third kappa shape index (κ3) is 7.17. The van der Waals surface area contributed by atoms with Crippen LogP contribution in [0.5, 0.6) is 5.75 Å². The van der Waals surface area contributed by atoms with E-state index in [-0.39, 0.29) is 17.9 Å². The number of amides is 2. The molecule has 0 aliphatic carbocycles. The largest absolute Gasteiger partial charge is 0.505 e. The van der Waals surface area contributed by atoms with Gasteiger partial charge >= 0.3 is 11.9 Å². The van der Waals surface area contributed by atoms with Crippen LogP contribution in [-0.4, -0.2) is 68.2 Å². The highest BCUT2D eigenvalue weighted by Gasteiger charge is 2.39. The van der Waals surface area contributed by atoms with E-state index in [1.54, 1.807) is 38.4 Å². The molecule has 0 spiro atoms. The van der Waals surface area contributed by atoms with Gasteiger partial charge < -0.3 is 30.3 Å². The first kappa shape index (κ1) is 29.2. The number of allylic oxidation sites excluding steroid dienone is 1. The number of rotatable bonds is 5. The van der Waals surface area contributed by atoms with Crippen molar-refractivity contribution >= 4 is 23.8 Å². The van der Waals surface area contributed by atoms with Crippen molar-refractivity contribution < 1.29 is 38.9 Å². The predicted molar refractivity (Wildman–Crippen MR) is 137 cm³/mol. The van der Waals surface area contributed by atoms with Gasteiger partial charge in [0.25, 0.3) is 5.91 Å². The van der Waals surface area contributed by atoms with Gasteiger partial charge in [0.1, 0.15) is 17.9 Å². The van der Waals surface area contributed by atoms with E-state index in [0.29, 0.717) is 17.6 Å². The van der Waals surface area contributed by atoms with Crippen molar-refractivity contribution in [1.82, 2.24) is 20.6 Å². The second-order valence-corrected chi connectivity index (χ2v) is 9.28. The van der Waals surface area contributed by atoms with E-state index in [9.17, 15) is 29.4 Å². The smallest absolute Gasteiger partial charge is 0.374 e. The Bertz CT molecular complexity index is 1250. The van der Waals surface area contributed by atoms with Gasteiger partial charge in [-0.2, -0.15) is 0 Å². The molecule has 3 heterocycles. The first-order valence-electron chi connectivity index (χ1n) is 12.5. The molecule has 1 aliphatic heterocycles. The lowest BCUT2D eigenvalue weighted by Gasteiger charge is -2.32. The molecule has 1 fully saturated rings. The number of ether oxygens (including phenoxy) is 2. The summed E-state index contributed by atoms with van der Waals surface area (Å²) in [5.74, 6) is -5.52. The minimum Gasteiger partial charge on any atom is -0.505 e. The van der Waals surface area contributed by atoms with Crippen LogP contribution in [0.3, 0.4) is 0 Å². The standard InChI is InChI=1S/C27H32N4O8/c1-5-14(2)23-27(37)38-16(4)20(31-25(35)21-19(32)9-7-11-29-21)24(34)30-18(12-17-8-6-10-28-13-17)22(33)15(3)26(36)39-23/h6-11,13,15-16,18,20,22,32-33H,5,12H2,1-4H3,(H,30,34)(H,31,35)/b23-14-/t15-,16-,18+,20-,22+/m0/s1. The molecule has 2 aromatic rings. The summed E-state index contributed by atoms with van der Waals surface area (Å²) in [4.78, 5) is 60.3. The number of carbonyl (C=O) groups excluding carboxylic acids is 4. The monoisotopic (exact) mass is 540 g/mol. The zero-order valence-corrected chi connectivity index (χ0v) is 22.1. The van der Waals surface area contributed by atoms with Crippen molar-refractivity contribution in [3.63, 3.8) is 0 Å². The van der Waals surface area contributed by atoms with Gasteiger partial charge in [0.15, 0.2) is 5.69 Å². The topological polar surface area (TPSA) is 177 Å². The number of nitrogens with one attached hydrogen (secondary N) is 2. The molecule has 3 rings (SSSR count). The summed E-state index contributed by atoms with van der Waals surface area (Å²) in [6.45, 7) is 6.13. The van der Waals surface area contributed by atoms with Crippen LogP contribution in [0.2, 0.25) is 0 Å². The van der Waals surface area contributed by atoms with Crippen LogP contribution < -0.4 is 10.6 Å². The second kappa shape index (κ2) is 13.0. The molecule has 2 amide bonds. The van der Waals surface area contributed by atoms with Gasteiger partial charge in [0.05, 0.1) is 18.1 Å². The average Bonchev–Trinajstić information content (AvgIpc) is 2.92. The number of pyridine rings is 2. The Balaban J connectivity index is 2.03. The van der Waals surface area contributed by atoms with Crippen LogP contribution in [0.4, 0.5) is 0 Å². The van der Waals surface area contributed by atoms with Gasteiger partial charge in [0, 0.05) is 18.6 Å². The minimum atomic E-state index is -1.47. The van der Waals surface area contributed by atoms with Crippen LogP contribution in [-0.2, 0) is 30.3 Å². The van der Waals surface area contributed by atoms with Gasteiger partial charge in [-0.05, 0) is 62.9 Å². The van der Waals surface area contributed by atoms with E-state index in [2.05, 4.69) is 20.6 Å². The Morgan fingerprint density at radius 2 is 1.87 bits per heavy atom. The first-order valence-corrected chi connectivity index (χ1v) is 12.5. The number of nitrogens with zero attached hydrogens (tertiary/aromatic N) is 2. The Labute approximate surface area is 225 Å². The zero-order valence-electron chi connectivity index (χ0n) is 22.1. The fourth-order valence-corrected chi connectivity index (χ4v) is 3.92. The Hall–Kier alpha value is -4.32. The molecule has 2 aromatic heterocycles. The average molecular weight is 541 g/mol.